The number of unbranched alkanes of at least 4 members (excludes halogenated alkanes) is 2. The number of carbonyl (C=O) groups excluding carboxylic acids is 3. The second kappa shape index (κ2) is 11.8. The van der Waals surface area contributed by atoms with Crippen LogP contribution in [0.3, 0.4) is 0 Å². The van der Waals surface area contributed by atoms with Gasteiger partial charge in [0.2, 0.25) is 0 Å². The quantitative estimate of drug-likeness (QED) is 0.0789. The van der Waals surface area contributed by atoms with Gasteiger partial charge in [0.1, 0.15) is 23.9 Å². The van der Waals surface area contributed by atoms with Crippen molar-refractivity contribution in [1.82, 2.24) is 0 Å². The van der Waals surface area contributed by atoms with Crippen LogP contribution in [-0.2, 0) is 33.3 Å². The lowest BCUT2D eigenvalue weighted by Crippen LogP contribution is -2.69. The minimum absolute atomic E-state index is 0.00832. The molecule has 5 fully saturated rings. The molecule has 14 unspecified atom stereocenters. The van der Waals surface area contributed by atoms with Crippen molar-refractivity contribution < 1.29 is 53.8 Å². The van der Waals surface area contributed by atoms with Crippen molar-refractivity contribution in [3.05, 3.63) is 36.0 Å². The average molecular weight is 673 g/mol. The van der Waals surface area contributed by atoms with Gasteiger partial charge in [0.15, 0.2) is 17.0 Å². The number of fused-ring (bicyclic) bond motifs is 7. The zero-order chi connectivity index (χ0) is 35.2. The number of esters is 2. The van der Waals surface area contributed by atoms with Gasteiger partial charge in [-0.25, -0.2) is 4.79 Å². The zero-order valence-corrected chi connectivity index (χ0v) is 29.0. The Hall–Kier alpha value is -2.41. The molecule has 2 saturated heterocycles. The summed E-state index contributed by atoms with van der Waals surface area (Å²) in [6.45, 7) is 11.9. The highest BCUT2D eigenvalue weighted by atomic mass is 16.6. The summed E-state index contributed by atoms with van der Waals surface area (Å²) in [7, 11) is 0. The SMILES string of the molecule is CCCCCC1OC1/C=C/C=C/C(=O)OC1C(C)C2(O)C(C3OC3(CO)C(O)C3(O)C(=O)C(C)=CC32)C2C(C)(C)C12OC(=O)C(C)CC. The first kappa shape index (κ1) is 35.4. The summed E-state index contributed by atoms with van der Waals surface area (Å²) < 4.78 is 24.3. The first-order valence-electron chi connectivity index (χ1n) is 17.6. The van der Waals surface area contributed by atoms with Crippen LogP contribution in [0.1, 0.15) is 80.6 Å². The zero-order valence-electron chi connectivity index (χ0n) is 29.0. The van der Waals surface area contributed by atoms with Crippen LogP contribution in [-0.4, -0.2) is 97.7 Å². The van der Waals surface area contributed by atoms with Crippen LogP contribution in [0, 0.1) is 35.0 Å². The molecule has 0 spiro atoms. The molecule has 3 saturated carbocycles. The fourth-order valence-corrected chi connectivity index (χ4v) is 9.73. The molecule has 11 heteroatoms. The maximum Gasteiger partial charge on any atom is 0.331 e. The maximum absolute atomic E-state index is 13.5. The molecule has 0 radical (unpaired) electrons. The fraction of sp³-hybridized carbons (Fsp3) is 0.757. The van der Waals surface area contributed by atoms with E-state index in [4.69, 9.17) is 18.9 Å². The Morgan fingerprint density at radius 1 is 1.15 bits per heavy atom. The summed E-state index contributed by atoms with van der Waals surface area (Å²) in [6.07, 6.45) is 8.98. The van der Waals surface area contributed by atoms with Gasteiger partial charge < -0.3 is 39.4 Å². The van der Waals surface area contributed by atoms with E-state index in [2.05, 4.69) is 6.92 Å². The van der Waals surface area contributed by atoms with Crippen LogP contribution in [0.25, 0.3) is 0 Å². The third kappa shape index (κ3) is 4.71. The predicted molar refractivity (Wildman–Crippen MR) is 172 cm³/mol. The number of hydrogen-bond donors (Lipinski definition) is 4. The highest BCUT2D eigenvalue weighted by molar-refractivity contribution is 6.05. The van der Waals surface area contributed by atoms with Crippen LogP contribution >= 0.6 is 0 Å². The smallest absolute Gasteiger partial charge is 0.331 e. The number of ether oxygens (including phenoxy) is 4. The lowest BCUT2D eigenvalue weighted by Gasteiger charge is -2.53. The number of aliphatic hydroxyl groups is 4. The van der Waals surface area contributed by atoms with E-state index in [0.717, 1.165) is 25.7 Å². The van der Waals surface area contributed by atoms with Crippen molar-refractivity contribution in [2.75, 3.05) is 6.61 Å². The molecule has 0 aromatic heterocycles. The second-order valence-electron chi connectivity index (χ2n) is 15.7. The molecule has 0 aromatic rings. The fourth-order valence-electron chi connectivity index (χ4n) is 9.73. The molecule has 266 valence electrons. The monoisotopic (exact) mass is 672 g/mol. The van der Waals surface area contributed by atoms with Gasteiger partial charge >= 0.3 is 11.9 Å². The minimum atomic E-state index is -2.51. The van der Waals surface area contributed by atoms with Crippen molar-refractivity contribution in [3.63, 3.8) is 0 Å². The molecule has 2 aliphatic heterocycles. The molecule has 4 aliphatic carbocycles. The number of hydrogen-bond acceptors (Lipinski definition) is 11. The van der Waals surface area contributed by atoms with Crippen molar-refractivity contribution >= 4 is 17.7 Å². The molecule has 0 bridgehead atoms. The Morgan fingerprint density at radius 3 is 2.50 bits per heavy atom. The third-order valence-electron chi connectivity index (χ3n) is 12.9. The molecule has 14 atom stereocenters. The van der Waals surface area contributed by atoms with Crippen LogP contribution < -0.4 is 0 Å². The first-order chi connectivity index (χ1) is 22.5. The predicted octanol–water partition coefficient (Wildman–Crippen LogP) is 2.72. The molecule has 0 amide bonds. The standard InChI is InChI=1S/C37H52O11/c1-8-10-11-14-22-23(45-22)15-12-13-16-25(39)46-29-21(5)35(43)24-17-20(4)28(40)36(24,44)32(42)34(18-38)30(47-34)26(35)27-33(6,7)37(27,29)48-31(41)19(3)9-2/h12-13,15-17,19,21-24,26-27,29-30,32,38,42-44H,8-11,14,18H2,1-7H3/b15-12+,16-13+. The molecule has 0 aromatic carbocycles. The lowest BCUT2D eigenvalue weighted by atomic mass is 9.58. The van der Waals surface area contributed by atoms with Crippen molar-refractivity contribution in [2.24, 2.45) is 35.0 Å². The molecular weight excluding hydrogens is 620 g/mol. The van der Waals surface area contributed by atoms with Crippen molar-refractivity contribution in [1.29, 1.82) is 0 Å². The lowest BCUT2D eigenvalue weighted by molar-refractivity contribution is -0.244. The Balaban J connectivity index is 1.36. The summed E-state index contributed by atoms with van der Waals surface area (Å²) in [6, 6.07) is 0. The number of Topliss-reactive ketones (excluding diaryl/α,β-unsaturated/α-hetero) is 1. The summed E-state index contributed by atoms with van der Waals surface area (Å²) in [5.41, 5.74) is -8.36. The van der Waals surface area contributed by atoms with E-state index >= 15 is 0 Å². The van der Waals surface area contributed by atoms with Gasteiger partial charge in [-0.15, -0.1) is 0 Å². The summed E-state index contributed by atoms with van der Waals surface area (Å²) in [5, 5.41) is 47.3. The Kier molecular flexibility index (Phi) is 8.74. The number of allylic oxidation sites excluding steroid dienone is 2. The van der Waals surface area contributed by atoms with Gasteiger partial charge in [-0.3, -0.25) is 9.59 Å². The van der Waals surface area contributed by atoms with Crippen LogP contribution in [0.2, 0.25) is 0 Å². The van der Waals surface area contributed by atoms with Gasteiger partial charge in [-0.2, -0.15) is 0 Å². The van der Waals surface area contributed by atoms with E-state index in [1.54, 1.807) is 26.0 Å². The maximum atomic E-state index is 13.5. The number of epoxide rings is 2. The van der Waals surface area contributed by atoms with Gasteiger partial charge in [0.25, 0.3) is 0 Å². The van der Waals surface area contributed by atoms with Crippen LogP contribution in [0.4, 0.5) is 0 Å². The molecule has 4 N–H and O–H groups in total. The van der Waals surface area contributed by atoms with Gasteiger partial charge in [-0.05, 0) is 25.3 Å². The van der Waals surface area contributed by atoms with E-state index in [1.807, 2.05) is 26.8 Å². The highest BCUT2D eigenvalue weighted by Gasteiger charge is 2.93. The first-order valence-corrected chi connectivity index (χ1v) is 17.6. The average Bonchev–Trinajstić information content (AvgIpc) is 4.00. The molecule has 2 heterocycles. The normalized spacial score (nSPS) is 46.9. The summed E-state index contributed by atoms with van der Waals surface area (Å²) >= 11 is 0. The van der Waals surface area contributed by atoms with Crippen LogP contribution in [0.5, 0.6) is 0 Å². The highest BCUT2D eigenvalue weighted by Crippen LogP contribution is 2.80. The van der Waals surface area contributed by atoms with E-state index in [9.17, 15) is 34.8 Å². The number of rotatable bonds is 12. The summed E-state index contributed by atoms with van der Waals surface area (Å²) in [4.78, 5) is 40.5. The Bertz CT molecular complexity index is 1430. The van der Waals surface area contributed by atoms with E-state index < -0.39 is 100 Å². The molecule has 6 rings (SSSR count). The van der Waals surface area contributed by atoms with Gasteiger partial charge in [0.05, 0.1) is 30.3 Å². The molecule has 48 heavy (non-hydrogen) atoms. The molecule has 6 aliphatic rings. The number of carbonyl (C=O) groups is 3. The Labute approximate surface area is 282 Å². The largest absolute Gasteiger partial charge is 0.455 e. The third-order valence-corrected chi connectivity index (χ3v) is 12.9. The van der Waals surface area contributed by atoms with Gasteiger partial charge in [0, 0.05) is 35.2 Å². The second-order valence-corrected chi connectivity index (χ2v) is 15.7. The van der Waals surface area contributed by atoms with Crippen molar-refractivity contribution in [3.8, 4) is 0 Å². The topological polar surface area (TPSA) is 176 Å². The number of ketones is 1. The van der Waals surface area contributed by atoms with Crippen LogP contribution in [0.15, 0.2) is 36.0 Å². The minimum Gasteiger partial charge on any atom is -0.455 e. The summed E-state index contributed by atoms with van der Waals surface area (Å²) in [5.74, 6) is -6.39. The Morgan fingerprint density at radius 2 is 1.85 bits per heavy atom. The number of aliphatic hydroxyl groups excluding tert-OH is 2. The van der Waals surface area contributed by atoms with Gasteiger partial charge in [-0.1, -0.05) is 85.1 Å². The van der Waals surface area contributed by atoms with E-state index in [-0.39, 0.29) is 17.8 Å². The molecular formula is C37H52O11. The van der Waals surface area contributed by atoms with E-state index in [1.165, 1.54) is 19.1 Å². The van der Waals surface area contributed by atoms with Crippen molar-refractivity contribution in [2.45, 2.75) is 133 Å². The van der Waals surface area contributed by atoms with E-state index in [0.29, 0.717) is 6.42 Å². The molecule has 11 nitrogen and oxygen atoms in total.